The molecule has 0 bridgehead atoms. The highest BCUT2D eigenvalue weighted by Crippen LogP contribution is 2.49. The van der Waals surface area contributed by atoms with Crippen LogP contribution in [-0.4, -0.2) is 28.9 Å². The summed E-state index contributed by atoms with van der Waals surface area (Å²) in [5.74, 6) is -1.62. The Labute approximate surface area is 157 Å². The maximum absolute atomic E-state index is 12.8. The lowest BCUT2D eigenvalue weighted by Crippen LogP contribution is -2.38. The molecule has 140 valence electrons. The second-order valence-corrected chi connectivity index (χ2v) is 7.02. The van der Waals surface area contributed by atoms with E-state index in [4.69, 9.17) is 5.11 Å². The summed E-state index contributed by atoms with van der Waals surface area (Å²) in [6.07, 6.45) is 1.63. The van der Waals surface area contributed by atoms with E-state index in [2.05, 4.69) is 10.6 Å². The summed E-state index contributed by atoms with van der Waals surface area (Å²) in [6.45, 7) is 3.40. The number of amides is 2. The molecule has 0 heterocycles. The molecular formula is C21H22N2O4. The van der Waals surface area contributed by atoms with E-state index < -0.39 is 23.3 Å². The third-order valence-corrected chi connectivity index (χ3v) is 4.88. The normalized spacial score (nSPS) is 15.5. The standard InChI is InChI=1S/C21H22N2O4/c1-13-4-3-5-16(12-13)21(10-11-21)20(27)23-17-8-6-15(7-9-17)18(24)22-14(2)19(25)26/h3-9,12,14H,10-11H2,1-2H3,(H,22,24)(H,23,27)(H,25,26). The van der Waals surface area contributed by atoms with Gasteiger partial charge in [-0.1, -0.05) is 29.8 Å². The van der Waals surface area contributed by atoms with Crippen molar-refractivity contribution in [3.8, 4) is 0 Å². The molecule has 6 nitrogen and oxygen atoms in total. The summed E-state index contributed by atoms with van der Waals surface area (Å²) in [4.78, 5) is 35.6. The van der Waals surface area contributed by atoms with Crippen molar-refractivity contribution in [2.45, 2.75) is 38.1 Å². The van der Waals surface area contributed by atoms with Crippen molar-refractivity contribution in [1.29, 1.82) is 0 Å². The van der Waals surface area contributed by atoms with Gasteiger partial charge in [-0.3, -0.25) is 14.4 Å². The van der Waals surface area contributed by atoms with Gasteiger partial charge in [0, 0.05) is 11.3 Å². The summed E-state index contributed by atoms with van der Waals surface area (Å²) in [7, 11) is 0. The predicted molar refractivity (Wildman–Crippen MR) is 102 cm³/mol. The fourth-order valence-corrected chi connectivity index (χ4v) is 3.01. The lowest BCUT2D eigenvalue weighted by molar-refractivity contribution is -0.138. The van der Waals surface area contributed by atoms with E-state index in [1.807, 2.05) is 31.2 Å². The maximum Gasteiger partial charge on any atom is 0.325 e. The molecule has 2 amide bonds. The topological polar surface area (TPSA) is 95.5 Å². The summed E-state index contributed by atoms with van der Waals surface area (Å²) in [5.41, 5.74) is 2.61. The van der Waals surface area contributed by atoms with E-state index in [0.717, 1.165) is 24.0 Å². The molecule has 0 aromatic heterocycles. The Morgan fingerprint density at radius 2 is 1.74 bits per heavy atom. The van der Waals surface area contributed by atoms with Gasteiger partial charge in [-0.05, 0) is 56.5 Å². The highest BCUT2D eigenvalue weighted by Gasteiger charge is 2.51. The Hall–Kier alpha value is -3.15. The number of hydrogen-bond acceptors (Lipinski definition) is 3. The summed E-state index contributed by atoms with van der Waals surface area (Å²) in [6, 6.07) is 13.4. The Morgan fingerprint density at radius 3 is 2.30 bits per heavy atom. The quantitative estimate of drug-likeness (QED) is 0.732. The highest BCUT2D eigenvalue weighted by atomic mass is 16.4. The van der Waals surface area contributed by atoms with Crippen LogP contribution in [0.2, 0.25) is 0 Å². The number of rotatable bonds is 6. The second-order valence-electron chi connectivity index (χ2n) is 7.02. The van der Waals surface area contributed by atoms with Crippen LogP contribution in [0, 0.1) is 6.92 Å². The molecule has 1 atom stereocenters. The van der Waals surface area contributed by atoms with Gasteiger partial charge in [-0.25, -0.2) is 0 Å². The van der Waals surface area contributed by atoms with E-state index >= 15 is 0 Å². The van der Waals surface area contributed by atoms with Crippen LogP contribution in [0.25, 0.3) is 0 Å². The van der Waals surface area contributed by atoms with Crippen LogP contribution in [0.15, 0.2) is 48.5 Å². The number of aryl methyl sites for hydroxylation is 1. The molecule has 1 aliphatic carbocycles. The first-order valence-corrected chi connectivity index (χ1v) is 8.84. The molecule has 2 aromatic rings. The number of benzene rings is 2. The van der Waals surface area contributed by atoms with Crippen molar-refractivity contribution in [2.75, 3.05) is 5.32 Å². The summed E-state index contributed by atoms with van der Waals surface area (Å²) >= 11 is 0. The van der Waals surface area contributed by atoms with Gasteiger partial charge in [0.1, 0.15) is 6.04 Å². The van der Waals surface area contributed by atoms with Crippen LogP contribution in [0.1, 0.15) is 41.3 Å². The first-order valence-electron chi connectivity index (χ1n) is 8.84. The van der Waals surface area contributed by atoms with Crippen LogP contribution in [0.4, 0.5) is 5.69 Å². The number of carboxylic acids is 1. The minimum Gasteiger partial charge on any atom is -0.480 e. The molecule has 1 unspecified atom stereocenters. The van der Waals surface area contributed by atoms with Gasteiger partial charge in [-0.15, -0.1) is 0 Å². The van der Waals surface area contributed by atoms with Gasteiger partial charge < -0.3 is 15.7 Å². The molecule has 27 heavy (non-hydrogen) atoms. The Morgan fingerprint density at radius 1 is 1.07 bits per heavy atom. The van der Waals surface area contributed by atoms with Gasteiger partial charge >= 0.3 is 5.97 Å². The van der Waals surface area contributed by atoms with Crippen molar-refractivity contribution in [1.82, 2.24) is 5.32 Å². The lowest BCUT2D eigenvalue weighted by Gasteiger charge is -2.16. The average Bonchev–Trinajstić information content (AvgIpc) is 3.44. The molecule has 3 rings (SSSR count). The molecule has 0 spiro atoms. The van der Waals surface area contributed by atoms with E-state index in [-0.39, 0.29) is 5.91 Å². The first kappa shape index (κ1) is 18.6. The number of carbonyl (C=O) groups is 3. The zero-order chi connectivity index (χ0) is 19.6. The van der Waals surface area contributed by atoms with Crippen LogP contribution >= 0.6 is 0 Å². The Balaban J connectivity index is 1.67. The molecule has 1 fully saturated rings. The first-order chi connectivity index (χ1) is 12.8. The number of aliphatic carboxylic acids is 1. The highest BCUT2D eigenvalue weighted by molar-refractivity contribution is 6.02. The molecule has 1 saturated carbocycles. The summed E-state index contributed by atoms with van der Waals surface area (Å²) in [5, 5.41) is 14.2. The Kier molecular flexibility index (Phi) is 4.99. The average molecular weight is 366 g/mol. The van der Waals surface area contributed by atoms with Gasteiger partial charge in [0.2, 0.25) is 5.91 Å². The van der Waals surface area contributed by atoms with Crippen molar-refractivity contribution in [3.05, 3.63) is 65.2 Å². The van der Waals surface area contributed by atoms with Crippen LogP contribution in [0.3, 0.4) is 0 Å². The fourth-order valence-electron chi connectivity index (χ4n) is 3.01. The number of carboxylic acid groups (broad SMARTS) is 1. The third-order valence-electron chi connectivity index (χ3n) is 4.88. The zero-order valence-electron chi connectivity index (χ0n) is 15.3. The Bertz CT molecular complexity index is 885. The number of anilines is 1. The van der Waals surface area contributed by atoms with Gasteiger partial charge in [-0.2, -0.15) is 0 Å². The largest absolute Gasteiger partial charge is 0.480 e. The molecule has 0 radical (unpaired) electrons. The lowest BCUT2D eigenvalue weighted by atomic mass is 9.93. The van der Waals surface area contributed by atoms with E-state index in [0.29, 0.717) is 11.3 Å². The van der Waals surface area contributed by atoms with Crippen molar-refractivity contribution in [3.63, 3.8) is 0 Å². The number of hydrogen-bond donors (Lipinski definition) is 3. The molecule has 6 heteroatoms. The van der Waals surface area contributed by atoms with E-state index in [1.54, 1.807) is 24.3 Å². The second kappa shape index (κ2) is 7.23. The number of carbonyl (C=O) groups excluding carboxylic acids is 2. The molecule has 3 N–H and O–H groups in total. The van der Waals surface area contributed by atoms with Crippen LogP contribution < -0.4 is 10.6 Å². The fraction of sp³-hybridized carbons (Fsp3) is 0.286. The van der Waals surface area contributed by atoms with Gasteiger partial charge in [0.05, 0.1) is 5.41 Å². The molecule has 1 aliphatic rings. The maximum atomic E-state index is 12.8. The van der Waals surface area contributed by atoms with E-state index in [1.165, 1.54) is 6.92 Å². The monoisotopic (exact) mass is 366 g/mol. The molecule has 2 aromatic carbocycles. The van der Waals surface area contributed by atoms with Crippen molar-refractivity contribution >= 4 is 23.5 Å². The van der Waals surface area contributed by atoms with Crippen molar-refractivity contribution < 1.29 is 19.5 Å². The third kappa shape index (κ3) is 4.00. The van der Waals surface area contributed by atoms with Crippen molar-refractivity contribution in [2.24, 2.45) is 0 Å². The molecule has 0 saturated heterocycles. The minimum absolute atomic E-state index is 0.0511. The number of nitrogens with one attached hydrogen (secondary N) is 2. The smallest absolute Gasteiger partial charge is 0.325 e. The minimum atomic E-state index is -1.10. The SMILES string of the molecule is Cc1cccc(C2(C(=O)Nc3ccc(C(=O)NC(C)C(=O)O)cc3)CC2)c1. The van der Waals surface area contributed by atoms with Crippen LogP contribution in [0.5, 0.6) is 0 Å². The predicted octanol–water partition coefficient (Wildman–Crippen LogP) is 2.87. The van der Waals surface area contributed by atoms with Gasteiger partial charge in [0.15, 0.2) is 0 Å². The van der Waals surface area contributed by atoms with Crippen LogP contribution in [-0.2, 0) is 15.0 Å². The molecule has 0 aliphatic heterocycles. The molecular weight excluding hydrogens is 344 g/mol. The zero-order valence-corrected chi connectivity index (χ0v) is 15.3. The van der Waals surface area contributed by atoms with Gasteiger partial charge in [0.25, 0.3) is 5.91 Å². The van der Waals surface area contributed by atoms with E-state index in [9.17, 15) is 14.4 Å². The summed E-state index contributed by atoms with van der Waals surface area (Å²) < 4.78 is 0.